The average Bonchev–Trinajstić information content (AvgIpc) is 3.10. The maximum Gasteiger partial charge on any atom is 0.270 e. The summed E-state index contributed by atoms with van der Waals surface area (Å²) in [6.45, 7) is 0.318. The minimum atomic E-state index is -0.215. The molecule has 6 rings (SSSR count). The third kappa shape index (κ3) is 6.80. The summed E-state index contributed by atoms with van der Waals surface area (Å²) in [6.07, 6.45) is 6.09. The van der Waals surface area contributed by atoms with Crippen molar-refractivity contribution in [3.63, 3.8) is 0 Å². The minimum Gasteiger partial charge on any atom is -0.347 e. The first kappa shape index (κ1) is 28.3. The summed E-state index contributed by atoms with van der Waals surface area (Å²) in [5, 5.41) is 3.18. The monoisotopic (exact) mass is 568 g/mol. The van der Waals surface area contributed by atoms with E-state index in [4.69, 9.17) is 0 Å². The number of carbonyl (C=O) groups excluding carboxylic acids is 1. The van der Waals surface area contributed by atoms with Crippen molar-refractivity contribution in [3.8, 4) is 0 Å². The molecule has 0 aliphatic rings. The highest BCUT2D eigenvalue weighted by atomic mass is 16.1. The molecular formula is C41H32N2O. The summed E-state index contributed by atoms with van der Waals surface area (Å²) in [7, 11) is 0. The summed E-state index contributed by atoms with van der Waals surface area (Å²) in [5.41, 5.74) is 10.1. The zero-order valence-corrected chi connectivity index (χ0v) is 24.3. The Morgan fingerprint density at radius 2 is 0.977 bits per heavy atom. The van der Waals surface area contributed by atoms with Gasteiger partial charge in [0.25, 0.3) is 5.91 Å². The molecule has 0 saturated heterocycles. The number of aromatic nitrogens is 1. The molecule has 3 heteroatoms. The summed E-state index contributed by atoms with van der Waals surface area (Å²) in [5.74, 6) is -0.215. The van der Waals surface area contributed by atoms with E-state index in [0.29, 0.717) is 12.2 Å². The van der Waals surface area contributed by atoms with Crippen molar-refractivity contribution in [1.29, 1.82) is 0 Å². The van der Waals surface area contributed by atoms with Gasteiger partial charge in [0.05, 0.1) is 0 Å². The molecule has 44 heavy (non-hydrogen) atoms. The molecule has 1 heterocycles. The van der Waals surface area contributed by atoms with Crippen LogP contribution in [-0.2, 0) is 6.54 Å². The fourth-order valence-corrected chi connectivity index (χ4v) is 5.34. The van der Waals surface area contributed by atoms with Gasteiger partial charge in [0.15, 0.2) is 0 Å². The second-order valence-corrected chi connectivity index (χ2v) is 10.4. The number of carbonyl (C=O) groups is 1. The molecule has 0 fully saturated rings. The number of amides is 1. The molecular weight excluding hydrogens is 536 g/mol. The lowest BCUT2D eigenvalue weighted by Crippen LogP contribution is -2.25. The molecule has 3 nitrogen and oxygen atoms in total. The van der Waals surface area contributed by atoms with Crippen LogP contribution in [0, 0.1) is 0 Å². The Morgan fingerprint density at radius 1 is 0.523 bits per heavy atom. The molecule has 0 spiro atoms. The summed E-state index contributed by atoms with van der Waals surface area (Å²) in [4.78, 5) is 17.6. The van der Waals surface area contributed by atoms with Gasteiger partial charge in [-0.3, -0.25) is 9.78 Å². The lowest BCUT2D eigenvalue weighted by Gasteiger charge is -2.21. The van der Waals surface area contributed by atoms with Crippen molar-refractivity contribution < 1.29 is 4.79 Å². The molecule has 0 bridgehead atoms. The number of hydrogen-bond donors (Lipinski definition) is 1. The largest absolute Gasteiger partial charge is 0.347 e. The van der Waals surface area contributed by atoms with Crippen LogP contribution < -0.4 is 5.32 Å². The predicted octanol–water partition coefficient (Wildman–Crippen LogP) is 9.19. The van der Waals surface area contributed by atoms with Gasteiger partial charge in [-0.15, -0.1) is 0 Å². The van der Waals surface area contributed by atoms with Gasteiger partial charge in [0.1, 0.15) is 5.69 Å². The number of pyridine rings is 1. The minimum absolute atomic E-state index is 0.215. The zero-order valence-electron chi connectivity index (χ0n) is 24.3. The summed E-state index contributed by atoms with van der Waals surface area (Å²) >= 11 is 0. The Bertz CT molecular complexity index is 1770. The Morgan fingerprint density at radius 3 is 1.43 bits per heavy atom. The van der Waals surface area contributed by atoms with Crippen LogP contribution >= 0.6 is 0 Å². The molecule has 212 valence electrons. The molecule has 0 aliphatic carbocycles. The Kier molecular flexibility index (Phi) is 8.95. The third-order valence-corrected chi connectivity index (χ3v) is 7.47. The van der Waals surface area contributed by atoms with E-state index in [1.165, 1.54) is 0 Å². The van der Waals surface area contributed by atoms with Crippen LogP contribution in [0.2, 0.25) is 0 Å². The first-order valence-electron chi connectivity index (χ1n) is 14.7. The molecule has 0 unspecified atom stereocenters. The highest BCUT2D eigenvalue weighted by Gasteiger charge is 2.19. The van der Waals surface area contributed by atoms with Crippen molar-refractivity contribution in [2.24, 2.45) is 0 Å². The van der Waals surface area contributed by atoms with Crippen LogP contribution in [-0.4, -0.2) is 10.9 Å². The molecule has 0 aliphatic heterocycles. The van der Waals surface area contributed by atoms with Crippen LogP contribution in [0.4, 0.5) is 0 Å². The highest BCUT2D eigenvalue weighted by Crippen LogP contribution is 2.36. The van der Waals surface area contributed by atoms with Gasteiger partial charge < -0.3 is 5.32 Å². The lowest BCUT2D eigenvalue weighted by atomic mass is 9.85. The van der Waals surface area contributed by atoms with Crippen LogP contribution in [0.1, 0.15) is 49.4 Å². The maximum absolute atomic E-state index is 13.3. The van der Waals surface area contributed by atoms with Crippen molar-refractivity contribution in [2.45, 2.75) is 6.54 Å². The van der Waals surface area contributed by atoms with Crippen molar-refractivity contribution >= 4 is 29.2 Å². The lowest BCUT2D eigenvalue weighted by molar-refractivity contribution is 0.0946. The highest BCUT2D eigenvalue weighted by molar-refractivity contribution is 5.98. The van der Waals surface area contributed by atoms with E-state index in [1.54, 1.807) is 12.3 Å². The number of hydrogen-bond acceptors (Lipinski definition) is 2. The molecule has 5 aromatic carbocycles. The van der Waals surface area contributed by atoms with Gasteiger partial charge in [0, 0.05) is 12.7 Å². The van der Waals surface area contributed by atoms with Gasteiger partial charge >= 0.3 is 0 Å². The smallest absolute Gasteiger partial charge is 0.270 e. The quantitative estimate of drug-likeness (QED) is 0.177. The summed E-state index contributed by atoms with van der Waals surface area (Å²) < 4.78 is 0. The second kappa shape index (κ2) is 13.9. The van der Waals surface area contributed by atoms with E-state index in [2.05, 4.69) is 138 Å². The normalized spacial score (nSPS) is 11.6. The Labute approximate surface area is 258 Å². The first-order valence-corrected chi connectivity index (χ1v) is 14.7. The molecule has 1 amide bonds. The van der Waals surface area contributed by atoms with Gasteiger partial charge in [-0.25, -0.2) is 0 Å². The average molecular weight is 569 g/mol. The van der Waals surface area contributed by atoms with E-state index in [1.807, 2.05) is 36.4 Å². The number of nitrogens with zero attached hydrogens (tertiary/aromatic N) is 1. The maximum atomic E-state index is 13.3. The van der Waals surface area contributed by atoms with Crippen molar-refractivity contribution in [1.82, 2.24) is 10.3 Å². The fourth-order valence-electron chi connectivity index (χ4n) is 5.34. The van der Waals surface area contributed by atoms with E-state index in [-0.39, 0.29) is 5.91 Å². The number of rotatable bonds is 9. The van der Waals surface area contributed by atoms with Crippen LogP contribution in [0.3, 0.4) is 0 Å². The third-order valence-electron chi connectivity index (χ3n) is 7.47. The topological polar surface area (TPSA) is 42.0 Å². The van der Waals surface area contributed by atoms with Crippen LogP contribution in [0.15, 0.2) is 164 Å². The Hall–Kier alpha value is -5.80. The molecule has 0 atom stereocenters. The molecule has 6 aromatic rings. The van der Waals surface area contributed by atoms with Crippen LogP contribution in [0.5, 0.6) is 0 Å². The standard InChI is InChI=1S/C41H32N2O/c44-41(40-26-13-14-27-42-40)43-30-39-35(37(33-20-9-3-10-21-33)28-31-16-5-1-6-17-31)24-15-25-36(39)38(34-22-11-4-12-23-34)29-32-18-7-2-8-19-32/h1-29H,30H2,(H,43,44)/b37-28+,38-29+. The van der Waals surface area contributed by atoms with E-state index in [0.717, 1.165) is 50.1 Å². The number of nitrogens with one attached hydrogen (secondary N) is 1. The molecule has 1 N–H and O–H groups in total. The molecule has 1 aromatic heterocycles. The summed E-state index contributed by atoms with van der Waals surface area (Å²) in [6, 6.07) is 53.3. The van der Waals surface area contributed by atoms with Gasteiger partial charge in [0.2, 0.25) is 0 Å². The van der Waals surface area contributed by atoms with Crippen molar-refractivity contribution in [2.75, 3.05) is 0 Å². The molecule has 0 saturated carbocycles. The van der Waals surface area contributed by atoms with E-state index in [9.17, 15) is 4.79 Å². The number of benzene rings is 5. The first-order chi connectivity index (χ1) is 21.8. The van der Waals surface area contributed by atoms with E-state index >= 15 is 0 Å². The van der Waals surface area contributed by atoms with Gasteiger partial charge in [-0.1, -0.05) is 146 Å². The molecule has 0 radical (unpaired) electrons. The van der Waals surface area contributed by atoms with Gasteiger partial charge in [-0.05, 0) is 74.4 Å². The fraction of sp³-hybridized carbons (Fsp3) is 0.0244. The predicted molar refractivity (Wildman–Crippen MR) is 182 cm³/mol. The second-order valence-electron chi connectivity index (χ2n) is 10.4. The Balaban J connectivity index is 1.57. The van der Waals surface area contributed by atoms with Crippen LogP contribution in [0.25, 0.3) is 23.3 Å². The van der Waals surface area contributed by atoms with Crippen molar-refractivity contribution in [3.05, 3.63) is 209 Å². The van der Waals surface area contributed by atoms with E-state index < -0.39 is 0 Å². The SMILES string of the molecule is O=C(NCc1c(/C(=C/c2ccccc2)c2ccccc2)cccc1/C(=C/c1ccccc1)c1ccccc1)c1ccccn1. The van der Waals surface area contributed by atoms with Gasteiger partial charge in [-0.2, -0.15) is 0 Å². The zero-order chi connectivity index (χ0) is 30.0.